The van der Waals surface area contributed by atoms with Gasteiger partial charge >= 0.3 is 447 Å². The van der Waals surface area contributed by atoms with Gasteiger partial charge in [-0.05, 0) is 0 Å². The molecule has 0 aromatic heterocycles. The van der Waals surface area contributed by atoms with Crippen molar-refractivity contribution < 1.29 is 15.5 Å². The van der Waals surface area contributed by atoms with Gasteiger partial charge in [0.1, 0.15) is 0 Å². The first-order valence-corrected chi connectivity index (χ1v) is 32.5. The molecule has 0 radical (unpaired) electrons. The van der Waals surface area contributed by atoms with E-state index in [-0.39, 0.29) is 0 Å². The number of hydroxylamine groups is 8. The Labute approximate surface area is 444 Å². The van der Waals surface area contributed by atoms with Crippen LogP contribution in [0.3, 0.4) is 0 Å². The van der Waals surface area contributed by atoms with Gasteiger partial charge in [-0.1, -0.05) is 0 Å². The van der Waals surface area contributed by atoms with Crippen molar-refractivity contribution in [1.82, 2.24) is 20.3 Å². The maximum atomic E-state index is 6.99. The standard InChI is InChI=1S/2C32H32GeN2O2/c2*1-34(2)36-33(37-35(3)4)31(27-21-13-7-14-22-27)29(25-17-9-5-10-18-25)30(26-19-11-6-12-20-26)32(33)28-23-15-8-16-24-28/h2*5-24H,1-4H3. The van der Waals surface area contributed by atoms with Gasteiger partial charge in [-0.15, -0.1) is 0 Å². The molecule has 0 fully saturated rings. The normalized spacial score (nSPS) is 15.2. The fraction of sp³-hybridized carbons (Fsp3) is 0.125. The number of nitrogens with zero attached hydrogens (tertiary/aromatic N) is 4. The van der Waals surface area contributed by atoms with Crippen LogP contribution in [0.15, 0.2) is 243 Å². The van der Waals surface area contributed by atoms with Crippen LogP contribution in [0.5, 0.6) is 0 Å². The molecule has 2 aliphatic rings. The zero-order chi connectivity index (χ0) is 51.7. The molecular formula is C64H64Ge2N4O4. The minimum atomic E-state index is -4.12. The summed E-state index contributed by atoms with van der Waals surface area (Å²) in [7, 11) is 15.6. The molecule has 10 rings (SSSR count). The van der Waals surface area contributed by atoms with Gasteiger partial charge < -0.3 is 0 Å². The van der Waals surface area contributed by atoms with Crippen LogP contribution in [0.2, 0.25) is 0 Å². The Balaban J connectivity index is 0.000000182. The summed E-state index contributed by atoms with van der Waals surface area (Å²) in [5, 5.41) is 7.25. The van der Waals surface area contributed by atoms with E-state index in [0.717, 1.165) is 62.1 Å². The molecule has 2 aliphatic heterocycles. The average Bonchev–Trinajstić information content (AvgIpc) is 3.86. The van der Waals surface area contributed by atoms with Crippen LogP contribution >= 0.6 is 0 Å². The Morgan fingerprint density at radius 2 is 0.338 bits per heavy atom. The Morgan fingerprint density at radius 3 is 0.473 bits per heavy atom. The fourth-order valence-electron chi connectivity index (χ4n) is 10.2. The summed E-state index contributed by atoms with van der Waals surface area (Å²) < 4.78 is 32.5. The third kappa shape index (κ3) is 11.0. The van der Waals surface area contributed by atoms with Crippen molar-refractivity contribution in [2.45, 2.75) is 0 Å². The van der Waals surface area contributed by atoms with Crippen molar-refractivity contribution in [3.05, 3.63) is 287 Å². The maximum absolute atomic E-state index is 6.99. The first-order valence-electron chi connectivity index (χ1n) is 24.9. The van der Waals surface area contributed by atoms with Crippen LogP contribution in [0.25, 0.3) is 39.9 Å². The van der Waals surface area contributed by atoms with Crippen LogP contribution < -0.4 is 0 Å². The second kappa shape index (κ2) is 23.8. The van der Waals surface area contributed by atoms with Crippen molar-refractivity contribution in [2.75, 3.05) is 56.4 Å². The van der Waals surface area contributed by atoms with Crippen molar-refractivity contribution >= 4 is 67.8 Å². The molecule has 10 heteroatoms. The molecule has 2 heterocycles. The molecule has 0 amide bonds. The quantitative estimate of drug-likeness (QED) is 0.0701. The van der Waals surface area contributed by atoms with Crippen LogP contribution in [0.4, 0.5) is 0 Å². The molecule has 8 aromatic carbocycles. The molecule has 0 aliphatic carbocycles. The van der Waals surface area contributed by atoms with Crippen molar-refractivity contribution in [3.8, 4) is 0 Å². The molecule has 0 unspecified atom stereocenters. The Kier molecular flexibility index (Phi) is 16.8. The van der Waals surface area contributed by atoms with E-state index in [2.05, 4.69) is 243 Å². The Hall–Kier alpha value is -6.51. The molecule has 0 spiro atoms. The van der Waals surface area contributed by atoms with Crippen LogP contribution in [0, 0.1) is 0 Å². The van der Waals surface area contributed by atoms with Gasteiger partial charge in [-0.3, -0.25) is 0 Å². The monoisotopic (exact) mass is 1100 g/mol. The van der Waals surface area contributed by atoms with E-state index in [9.17, 15) is 0 Å². The van der Waals surface area contributed by atoms with E-state index < -0.39 is 27.9 Å². The zero-order valence-electron chi connectivity index (χ0n) is 43.5. The molecule has 8 nitrogen and oxygen atoms in total. The molecule has 372 valence electrons. The average molecular weight is 1100 g/mol. The number of rotatable bonds is 16. The molecule has 0 N–H and O–H groups in total. The van der Waals surface area contributed by atoms with E-state index in [1.54, 1.807) is 0 Å². The summed E-state index contributed by atoms with van der Waals surface area (Å²) in [5.74, 6) is 0. The summed E-state index contributed by atoms with van der Waals surface area (Å²) in [4.78, 5) is 0. The molecule has 74 heavy (non-hydrogen) atoms. The van der Waals surface area contributed by atoms with Gasteiger partial charge in [0.25, 0.3) is 0 Å². The minimum absolute atomic E-state index is 1.12. The summed E-state index contributed by atoms with van der Waals surface area (Å²) in [6, 6.07) is 84.9. The predicted octanol–water partition coefficient (Wildman–Crippen LogP) is 13.5. The number of hydrogen-bond acceptors (Lipinski definition) is 8. The first kappa shape index (κ1) is 52.4. The Morgan fingerprint density at radius 1 is 0.203 bits per heavy atom. The molecule has 8 aromatic rings. The first-order chi connectivity index (χ1) is 36.0. The summed E-state index contributed by atoms with van der Waals surface area (Å²) in [6.07, 6.45) is 0. The fourth-order valence-corrected chi connectivity index (χ4v) is 26.8. The van der Waals surface area contributed by atoms with Crippen molar-refractivity contribution in [1.29, 1.82) is 0 Å². The second-order valence-corrected chi connectivity index (χ2v) is 29.7. The summed E-state index contributed by atoms with van der Waals surface area (Å²) in [6.45, 7) is 0. The van der Waals surface area contributed by atoms with Gasteiger partial charge in [0, 0.05) is 0 Å². The third-order valence-corrected chi connectivity index (χ3v) is 27.8. The summed E-state index contributed by atoms with van der Waals surface area (Å²) in [5.41, 5.74) is 13.7. The van der Waals surface area contributed by atoms with Gasteiger partial charge in [-0.25, -0.2) is 0 Å². The van der Waals surface area contributed by atoms with Crippen molar-refractivity contribution in [2.24, 2.45) is 0 Å². The molecule has 0 atom stereocenters. The van der Waals surface area contributed by atoms with E-state index in [4.69, 9.17) is 15.5 Å². The number of allylic oxidation sites excluding steroid dienone is 4. The summed E-state index contributed by atoms with van der Waals surface area (Å²) >= 11 is -8.24. The van der Waals surface area contributed by atoms with E-state index in [1.807, 2.05) is 76.6 Å². The molecule has 0 saturated carbocycles. The molecule has 0 saturated heterocycles. The molecule has 0 bridgehead atoms. The SMILES string of the molecule is CN(C)[O][Ge]1([O]N(C)C)[C](c2ccccc2)=C(c2ccccc2)C(c2ccccc2)=[C]1c1ccccc1.CN(C)[O][Ge]1([O]N(C)C)[C](c2ccccc2)=C(c2ccccc2)C(c2ccccc2)=[C]1c1ccccc1. The topological polar surface area (TPSA) is 49.9 Å². The van der Waals surface area contributed by atoms with Crippen molar-refractivity contribution in [3.63, 3.8) is 0 Å². The van der Waals surface area contributed by atoms with Crippen LogP contribution in [0.1, 0.15) is 44.5 Å². The number of benzene rings is 8. The van der Waals surface area contributed by atoms with Gasteiger partial charge in [0.2, 0.25) is 0 Å². The van der Waals surface area contributed by atoms with Gasteiger partial charge in [0.05, 0.1) is 0 Å². The molecular weight excluding hydrogens is 1030 g/mol. The predicted molar refractivity (Wildman–Crippen MR) is 309 cm³/mol. The van der Waals surface area contributed by atoms with Crippen LogP contribution in [-0.2, 0) is 15.5 Å². The van der Waals surface area contributed by atoms with E-state index in [0.29, 0.717) is 0 Å². The van der Waals surface area contributed by atoms with Crippen LogP contribution in [-0.4, -0.2) is 105 Å². The van der Waals surface area contributed by atoms with E-state index >= 15 is 0 Å². The van der Waals surface area contributed by atoms with Gasteiger partial charge in [0.15, 0.2) is 0 Å². The zero-order valence-corrected chi connectivity index (χ0v) is 47.7. The Bertz CT molecular complexity index is 2800. The number of hydrogen-bond donors (Lipinski definition) is 0. The second-order valence-electron chi connectivity index (χ2n) is 18.8. The third-order valence-electron chi connectivity index (χ3n) is 12.6. The van der Waals surface area contributed by atoms with Gasteiger partial charge in [-0.2, -0.15) is 0 Å². The van der Waals surface area contributed by atoms with E-state index in [1.165, 1.54) is 22.3 Å².